The molecular weight excluding hydrogens is 376 g/mol. The summed E-state index contributed by atoms with van der Waals surface area (Å²) in [6.45, 7) is 24.7. The molecule has 30 heavy (non-hydrogen) atoms. The lowest BCUT2D eigenvalue weighted by Gasteiger charge is -2.18. The number of carbonyl (C=O) groups is 2. The molecular formula is C26H48O4. The molecule has 0 aromatic carbocycles. The Labute approximate surface area is 186 Å². The first kappa shape index (κ1) is 30.6. The smallest absolute Gasteiger partial charge is 0.333 e. The number of esters is 2. The zero-order valence-corrected chi connectivity index (χ0v) is 21.0. The summed E-state index contributed by atoms with van der Waals surface area (Å²) in [5.41, 5.74) is 0.956. The molecule has 0 saturated heterocycles. The van der Waals surface area contributed by atoms with Gasteiger partial charge in [-0.3, -0.25) is 0 Å². The molecule has 4 heteroatoms. The molecule has 4 nitrogen and oxygen atoms in total. The summed E-state index contributed by atoms with van der Waals surface area (Å²) in [4.78, 5) is 22.3. The second kappa shape index (κ2) is 18.2. The minimum Gasteiger partial charge on any atom is -0.462 e. The summed E-state index contributed by atoms with van der Waals surface area (Å²) >= 11 is 0. The first-order valence-electron chi connectivity index (χ1n) is 11.6. The quantitative estimate of drug-likeness (QED) is 0.220. The number of unbranched alkanes of at least 4 members (excludes halogenated alkanes) is 1. The fourth-order valence-corrected chi connectivity index (χ4v) is 3.21. The molecule has 3 unspecified atom stereocenters. The second-order valence-corrected chi connectivity index (χ2v) is 9.25. The van der Waals surface area contributed by atoms with Crippen molar-refractivity contribution >= 4 is 11.9 Å². The number of hydrogen-bond donors (Lipinski definition) is 0. The lowest BCUT2D eigenvalue weighted by molar-refractivity contribution is -0.141. The molecule has 0 aliphatic heterocycles. The van der Waals surface area contributed by atoms with Crippen molar-refractivity contribution in [2.24, 2.45) is 23.7 Å². The van der Waals surface area contributed by atoms with Gasteiger partial charge >= 0.3 is 11.9 Å². The average Bonchev–Trinajstić information content (AvgIpc) is 2.65. The largest absolute Gasteiger partial charge is 0.462 e. The predicted octanol–water partition coefficient (Wildman–Crippen LogP) is 7.14. The molecule has 0 saturated carbocycles. The van der Waals surface area contributed by atoms with Gasteiger partial charge in [0.1, 0.15) is 0 Å². The van der Waals surface area contributed by atoms with Crippen molar-refractivity contribution in [1.29, 1.82) is 0 Å². The van der Waals surface area contributed by atoms with E-state index in [-0.39, 0.29) is 11.9 Å². The summed E-state index contributed by atoms with van der Waals surface area (Å²) < 4.78 is 10.2. The SMILES string of the molecule is C=C(C)C(=O)OCC(C)CC(C)CC(C)C.C=C(C)C(=O)OCC(CC)CCCC. The van der Waals surface area contributed by atoms with Crippen LogP contribution in [0.25, 0.3) is 0 Å². The van der Waals surface area contributed by atoms with E-state index in [1.54, 1.807) is 13.8 Å². The van der Waals surface area contributed by atoms with Crippen molar-refractivity contribution in [2.45, 2.75) is 93.9 Å². The highest BCUT2D eigenvalue weighted by Crippen LogP contribution is 2.19. The molecule has 0 fully saturated rings. The van der Waals surface area contributed by atoms with E-state index in [0.717, 1.165) is 25.2 Å². The molecule has 0 bridgehead atoms. The van der Waals surface area contributed by atoms with Gasteiger partial charge < -0.3 is 9.47 Å². The van der Waals surface area contributed by atoms with E-state index in [4.69, 9.17) is 9.47 Å². The molecule has 0 aliphatic carbocycles. The maximum atomic E-state index is 11.2. The third-order valence-electron chi connectivity index (χ3n) is 4.87. The van der Waals surface area contributed by atoms with E-state index in [1.165, 1.54) is 19.3 Å². The molecule has 0 amide bonds. The van der Waals surface area contributed by atoms with Gasteiger partial charge in [0.25, 0.3) is 0 Å². The Kier molecular flexibility index (Phi) is 18.6. The average molecular weight is 425 g/mol. The van der Waals surface area contributed by atoms with Crippen molar-refractivity contribution in [1.82, 2.24) is 0 Å². The maximum absolute atomic E-state index is 11.2. The van der Waals surface area contributed by atoms with E-state index in [9.17, 15) is 9.59 Å². The van der Waals surface area contributed by atoms with Gasteiger partial charge in [0, 0.05) is 11.1 Å². The third-order valence-corrected chi connectivity index (χ3v) is 4.87. The van der Waals surface area contributed by atoms with Gasteiger partial charge in [-0.2, -0.15) is 0 Å². The van der Waals surface area contributed by atoms with Crippen LogP contribution < -0.4 is 0 Å². The molecule has 0 aromatic rings. The lowest BCUT2D eigenvalue weighted by atomic mass is 9.91. The van der Waals surface area contributed by atoms with Gasteiger partial charge in [0.2, 0.25) is 0 Å². The number of hydrogen-bond acceptors (Lipinski definition) is 4. The van der Waals surface area contributed by atoms with E-state index in [1.807, 2.05) is 0 Å². The molecule has 0 N–H and O–H groups in total. The van der Waals surface area contributed by atoms with Crippen molar-refractivity contribution in [2.75, 3.05) is 13.2 Å². The lowest BCUT2D eigenvalue weighted by Crippen LogP contribution is -2.15. The van der Waals surface area contributed by atoms with Crippen LogP contribution in [0.5, 0.6) is 0 Å². The molecule has 3 atom stereocenters. The molecule has 176 valence electrons. The molecule has 0 aliphatic rings. The van der Waals surface area contributed by atoms with Crippen LogP contribution in [0.4, 0.5) is 0 Å². The highest BCUT2D eigenvalue weighted by Gasteiger charge is 2.13. The van der Waals surface area contributed by atoms with Gasteiger partial charge in [0.05, 0.1) is 13.2 Å². The fraction of sp³-hybridized carbons (Fsp3) is 0.769. The second-order valence-electron chi connectivity index (χ2n) is 9.25. The zero-order chi connectivity index (χ0) is 23.7. The van der Waals surface area contributed by atoms with E-state index < -0.39 is 0 Å². The summed E-state index contributed by atoms with van der Waals surface area (Å²) in [7, 11) is 0. The monoisotopic (exact) mass is 424 g/mol. The van der Waals surface area contributed by atoms with Crippen molar-refractivity contribution < 1.29 is 19.1 Å². The number of carbonyl (C=O) groups excluding carboxylic acids is 2. The zero-order valence-electron chi connectivity index (χ0n) is 21.0. The third kappa shape index (κ3) is 18.4. The van der Waals surface area contributed by atoms with Crippen LogP contribution in [0.15, 0.2) is 24.3 Å². The Morgan fingerprint density at radius 2 is 1.30 bits per heavy atom. The molecule has 0 heterocycles. The fourth-order valence-electron chi connectivity index (χ4n) is 3.21. The number of rotatable bonds is 14. The highest BCUT2D eigenvalue weighted by molar-refractivity contribution is 5.87. The predicted molar refractivity (Wildman–Crippen MR) is 127 cm³/mol. The molecule has 0 rings (SSSR count). The maximum Gasteiger partial charge on any atom is 0.333 e. The Morgan fingerprint density at radius 3 is 1.70 bits per heavy atom. The van der Waals surface area contributed by atoms with Gasteiger partial charge in [-0.1, -0.05) is 74.0 Å². The highest BCUT2D eigenvalue weighted by atomic mass is 16.5. The van der Waals surface area contributed by atoms with Gasteiger partial charge in [-0.15, -0.1) is 0 Å². The van der Waals surface area contributed by atoms with Gasteiger partial charge in [0.15, 0.2) is 0 Å². The van der Waals surface area contributed by atoms with Crippen molar-refractivity contribution in [3.8, 4) is 0 Å². The van der Waals surface area contributed by atoms with Crippen LogP contribution in [-0.2, 0) is 19.1 Å². The van der Waals surface area contributed by atoms with Crippen LogP contribution in [0.2, 0.25) is 0 Å². The van der Waals surface area contributed by atoms with E-state index in [0.29, 0.717) is 42.1 Å². The summed E-state index contributed by atoms with van der Waals surface area (Å²) in [5.74, 6) is 1.83. The van der Waals surface area contributed by atoms with Crippen LogP contribution in [0, 0.1) is 23.7 Å². The normalized spacial score (nSPS) is 13.5. The van der Waals surface area contributed by atoms with Crippen LogP contribution in [-0.4, -0.2) is 25.2 Å². The standard InChI is InChI=1S/C14H26O2.C12H22O2/c1-10(2)7-12(5)8-13(6)9-16-14(15)11(3)4;1-5-7-8-11(6-2)9-14-12(13)10(3)4/h10,12-13H,3,7-9H2,1-2,4-6H3;11H,3,5-9H2,1-2,4H3. The summed E-state index contributed by atoms with van der Waals surface area (Å²) in [5, 5.41) is 0. The molecule has 0 radical (unpaired) electrons. The Bertz CT molecular complexity index is 507. The summed E-state index contributed by atoms with van der Waals surface area (Å²) in [6, 6.07) is 0. The molecule has 0 aromatic heterocycles. The molecule has 0 spiro atoms. The Balaban J connectivity index is 0. The van der Waals surface area contributed by atoms with Crippen molar-refractivity contribution in [3.63, 3.8) is 0 Å². The van der Waals surface area contributed by atoms with Crippen molar-refractivity contribution in [3.05, 3.63) is 24.3 Å². The Morgan fingerprint density at radius 1 is 0.800 bits per heavy atom. The van der Waals surface area contributed by atoms with Crippen LogP contribution >= 0.6 is 0 Å². The first-order chi connectivity index (χ1) is 13.9. The van der Waals surface area contributed by atoms with Crippen LogP contribution in [0.3, 0.4) is 0 Å². The minimum atomic E-state index is -0.275. The number of ether oxygens (including phenoxy) is 2. The van der Waals surface area contributed by atoms with Crippen LogP contribution in [0.1, 0.15) is 93.9 Å². The van der Waals surface area contributed by atoms with Gasteiger partial charge in [-0.25, -0.2) is 9.59 Å². The first-order valence-corrected chi connectivity index (χ1v) is 11.6. The van der Waals surface area contributed by atoms with Gasteiger partial charge in [-0.05, 0) is 56.8 Å². The van der Waals surface area contributed by atoms with E-state index >= 15 is 0 Å². The summed E-state index contributed by atoms with van der Waals surface area (Å²) in [6.07, 6.45) is 6.98. The Hall–Kier alpha value is -1.58. The topological polar surface area (TPSA) is 52.6 Å². The minimum absolute atomic E-state index is 0.264. The van der Waals surface area contributed by atoms with E-state index in [2.05, 4.69) is 54.7 Å².